The summed E-state index contributed by atoms with van der Waals surface area (Å²) in [5.41, 5.74) is 1.79. The fourth-order valence-corrected chi connectivity index (χ4v) is 2.36. The minimum absolute atomic E-state index is 0.220. The fourth-order valence-electron chi connectivity index (χ4n) is 2.36. The summed E-state index contributed by atoms with van der Waals surface area (Å²) < 4.78 is 13.7. The normalized spacial score (nSPS) is 11.4. The van der Waals surface area contributed by atoms with Crippen molar-refractivity contribution in [3.05, 3.63) is 41.8 Å². The SMILES string of the molecule is CN(CCCCCO)Cc1ccc(F)c2cccnc12. The molecule has 1 heterocycles. The minimum Gasteiger partial charge on any atom is -0.396 e. The van der Waals surface area contributed by atoms with Gasteiger partial charge in [-0.2, -0.15) is 0 Å². The number of aliphatic hydroxyl groups is 1. The van der Waals surface area contributed by atoms with Crippen LogP contribution >= 0.6 is 0 Å². The number of hydrogen-bond donors (Lipinski definition) is 1. The maximum atomic E-state index is 13.7. The van der Waals surface area contributed by atoms with E-state index in [1.165, 1.54) is 6.07 Å². The van der Waals surface area contributed by atoms with Crippen LogP contribution < -0.4 is 0 Å². The molecule has 0 atom stereocenters. The first kappa shape index (κ1) is 14.9. The van der Waals surface area contributed by atoms with Gasteiger partial charge in [0.25, 0.3) is 0 Å². The number of halogens is 1. The molecular weight excluding hydrogens is 255 g/mol. The predicted octanol–water partition coefficient (Wildman–Crippen LogP) is 2.97. The molecule has 2 rings (SSSR count). The molecule has 1 aromatic heterocycles. The van der Waals surface area contributed by atoms with Crippen LogP contribution in [0.25, 0.3) is 10.9 Å². The van der Waals surface area contributed by atoms with Crippen molar-refractivity contribution in [1.29, 1.82) is 0 Å². The monoisotopic (exact) mass is 276 g/mol. The third-order valence-corrected chi connectivity index (χ3v) is 3.44. The first-order valence-electron chi connectivity index (χ1n) is 7.04. The van der Waals surface area contributed by atoms with E-state index in [9.17, 15) is 4.39 Å². The molecule has 0 aliphatic rings. The third-order valence-electron chi connectivity index (χ3n) is 3.44. The van der Waals surface area contributed by atoms with Crippen molar-refractivity contribution in [3.8, 4) is 0 Å². The first-order valence-corrected chi connectivity index (χ1v) is 7.04. The largest absolute Gasteiger partial charge is 0.396 e. The highest BCUT2D eigenvalue weighted by Crippen LogP contribution is 2.20. The van der Waals surface area contributed by atoms with Crippen molar-refractivity contribution in [3.63, 3.8) is 0 Å². The summed E-state index contributed by atoms with van der Waals surface area (Å²) in [6, 6.07) is 6.85. The van der Waals surface area contributed by atoms with Crippen LogP contribution in [0.3, 0.4) is 0 Å². The molecule has 0 unspecified atom stereocenters. The maximum absolute atomic E-state index is 13.7. The number of hydrogen-bond acceptors (Lipinski definition) is 3. The summed E-state index contributed by atoms with van der Waals surface area (Å²) in [6.07, 6.45) is 4.65. The fraction of sp³-hybridized carbons (Fsp3) is 0.438. The third kappa shape index (κ3) is 3.74. The average molecular weight is 276 g/mol. The van der Waals surface area contributed by atoms with Gasteiger partial charge in [-0.05, 0) is 56.6 Å². The van der Waals surface area contributed by atoms with Crippen LogP contribution in [0.2, 0.25) is 0 Å². The lowest BCUT2D eigenvalue weighted by Gasteiger charge is -2.17. The molecule has 0 amide bonds. The van der Waals surface area contributed by atoms with E-state index in [-0.39, 0.29) is 12.4 Å². The number of pyridine rings is 1. The summed E-state index contributed by atoms with van der Waals surface area (Å²) in [4.78, 5) is 6.51. The van der Waals surface area contributed by atoms with Crippen molar-refractivity contribution in [2.75, 3.05) is 20.2 Å². The Bertz CT molecular complexity index is 559. The second-order valence-electron chi connectivity index (χ2n) is 5.13. The number of aliphatic hydroxyl groups excluding tert-OH is 1. The number of aromatic nitrogens is 1. The Hall–Kier alpha value is -1.52. The zero-order chi connectivity index (χ0) is 14.4. The van der Waals surface area contributed by atoms with E-state index >= 15 is 0 Å². The highest BCUT2D eigenvalue weighted by Gasteiger charge is 2.08. The van der Waals surface area contributed by atoms with Gasteiger partial charge in [0.2, 0.25) is 0 Å². The molecule has 0 aliphatic carbocycles. The van der Waals surface area contributed by atoms with Gasteiger partial charge in [-0.15, -0.1) is 0 Å². The molecule has 4 heteroatoms. The number of fused-ring (bicyclic) bond motifs is 1. The molecule has 0 saturated heterocycles. The van der Waals surface area contributed by atoms with E-state index < -0.39 is 0 Å². The van der Waals surface area contributed by atoms with E-state index in [4.69, 9.17) is 5.11 Å². The summed E-state index contributed by atoms with van der Waals surface area (Å²) in [5.74, 6) is -0.220. The Balaban J connectivity index is 2.04. The van der Waals surface area contributed by atoms with Gasteiger partial charge in [-0.3, -0.25) is 4.98 Å². The van der Waals surface area contributed by atoms with E-state index in [1.807, 2.05) is 6.07 Å². The van der Waals surface area contributed by atoms with Gasteiger partial charge in [0.1, 0.15) is 5.82 Å². The predicted molar refractivity (Wildman–Crippen MR) is 79.0 cm³/mol. The van der Waals surface area contributed by atoms with Crippen LogP contribution in [0, 0.1) is 5.82 Å². The topological polar surface area (TPSA) is 36.4 Å². The molecule has 3 nitrogen and oxygen atoms in total. The average Bonchev–Trinajstić information content (AvgIpc) is 2.47. The molecule has 0 fully saturated rings. The Morgan fingerprint density at radius 1 is 1.20 bits per heavy atom. The van der Waals surface area contributed by atoms with E-state index in [2.05, 4.69) is 16.9 Å². The van der Waals surface area contributed by atoms with Crippen molar-refractivity contribution >= 4 is 10.9 Å². The van der Waals surface area contributed by atoms with Crippen molar-refractivity contribution in [2.24, 2.45) is 0 Å². The van der Waals surface area contributed by atoms with Crippen molar-refractivity contribution in [2.45, 2.75) is 25.8 Å². The smallest absolute Gasteiger partial charge is 0.132 e. The van der Waals surface area contributed by atoms with E-state index in [0.29, 0.717) is 5.39 Å². The zero-order valence-corrected chi connectivity index (χ0v) is 11.8. The van der Waals surface area contributed by atoms with E-state index in [0.717, 1.165) is 43.4 Å². The Kier molecular flexibility index (Phi) is 5.44. The van der Waals surface area contributed by atoms with E-state index in [1.54, 1.807) is 18.3 Å². The molecule has 2 aromatic rings. The summed E-state index contributed by atoms with van der Waals surface area (Å²) in [5, 5.41) is 9.34. The molecule has 0 spiro atoms. The Morgan fingerprint density at radius 3 is 2.85 bits per heavy atom. The van der Waals surface area contributed by atoms with Gasteiger partial charge in [0, 0.05) is 24.7 Å². The van der Waals surface area contributed by atoms with Crippen LogP contribution in [-0.4, -0.2) is 35.2 Å². The van der Waals surface area contributed by atoms with Gasteiger partial charge in [-0.25, -0.2) is 4.39 Å². The van der Waals surface area contributed by atoms with Gasteiger partial charge in [0.05, 0.1) is 5.52 Å². The molecule has 1 N–H and O–H groups in total. The molecule has 108 valence electrons. The number of unbranched alkanes of at least 4 members (excludes halogenated alkanes) is 2. The van der Waals surface area contributed by atoms with Crippen molar-refractivity contribution in [1.82, 2.24) is 9.88 Å². The van der Waals surface area contributed by atoms with Gasteiger partial charge in [0.15, 0.2) is 0 Å². The quantitative estimate of drug-likeness (QED) is 0.790. The molecule has 0 radical (unpaired) electrons. The highest BCUT2D eigenvalue weighted by molar-refractivity contribution is 5.82. The van der Waals surface area contributed by atoms with Gasteiger partial charge < -0.3 is 10.0 Å². The minimum atomic E-state index is -0.220. The van der Waals surface area contributed by atoms with Crippen LogP contribution in [-0.2, 0) is 6.54 Å². The molecular formula is C16H21FN2O. The number of nitrogens with zero attached hydrogens (tertiary/aromatic N) is 2. The Morgan fingerprint density at radius 2 is 2.05 bits per heavy atom. The second-order valence-corrected chi connectivity index (χ2v) is 5.13. The van der Waals surface area contributed by atoms with Crippen LogP contribution in [0.4, 0.5) is 4.39 Å². The zero-order valence-electron chi connectivity index (χ0n) is 11.8. The highest BCUT2D eigenvalue weighted by atomic mass is 19.1. The molecule has 0 aliphatic heterocycles. The van der Waals surface area contributed by atoms with Crippen LogP contribution in [0.15, 0.2) is 30.5 Å². The molecule has 20 heavy (non-hydrogen) atoms. The van der Waals surface area contributed by atoms with Gasteiger partial charge >= 0.3 is 0 Å². The molecule has 0 saturated carbocycles. The van der Waals surface area contributed by atoms with Crippen molar-refractivity contribution < 1.29 is 9.50 Å². The number of rotatable bonds is 7. The van der Waals surface area contributed by atoms with Crippen LogP contribution in [0.5, 0.6) is 0 Å². The summed E-state index contributed by atoms with van der Waals surface area (Å²) in [7, 11) is 2.05. The molecule has 0 bridgehead atoms. The standard InChI is InChI=1S/C16H21FN2O/c1-19(10-3-2-4-11-20)12-13-7-8-15(17)14-6-5-9-18-16(13)14/h5-9,20H,2-4,10-12H2,1H3. The summed E-state index contributed by atoms with van der Waals surface area (Å²) in [6.45, 7) is 1.98. The number of benzene rings is 1. The van der Waals surface area contributed by atoms with Gasteiger partial charge in [-0.1, -0.05) is 6.07 Å². The second kappa shape index (κ2) is 7.31. The lowest BCUT2D eigenvalue weighted by Crippen LogP contribution is -2.19. The maximum Gasteiger partial charge on any atom is 0.132 e. The first-order chi connectivity index (χ1) is 9.72. The summed E-state index contributed by atoms with van der Waals surface area (Å²) >= 11 is 0. The molecule has 1 aromatic carbocycles. The Labute approximate surface area is 119 Å². The lowest BCUT2D eigenvalue weighted by molar-refractivity contribution is 0.271. The van der Waals surface area contributed by atoms with Crippen LogP contribution in [0.1, 0.15) is 24.8 Å². The lowest BCUT2D eigenvalue weighted by atomic mass is 10.1.